The molecule has 1 unspecified atom stereocenters. The van der Waals surface area contributed by atoms with E-state index in [0.29, 0.717) is 31.1 Å². The monoisotopic (exact) mass is 292 g/mol. The van der Waals surface area contributed by atoms with Gasteiger partial charge in [0.1, 0.15) is 6.10 Å². The van der Waals surface area contributed by atoms with Gasteiger partial charge in [0.25, 0.3) is 5.91 Å². The van der Waals surface area contributed by atoms with Gasteiger partial charge in [0.15, 0.2) is 0 Å². The van der Waals surface area contributed by atoms with Gasteiger partial charge in [0, 0.05) is 26.1 Å². The first-order valence-electron chi connectivity index (χ1n) is 6.89. The fourth-order valence-electron chi connectivity index (χ4n) is 2.29. The molecule has 1 saturated heterocycles. The smallest absolute Gasteiger partial charge is 0.252 e. The van der Waals surface area contributed by atoms with Gasteiger partial charge >= 0.3 is 0 Å². The summed E-state index contributed by atoms with van der Waals surface area (Å²) >= 11 is 4.91. The molecule has 4 nitrogen and oxygen atoms in total. The van der Waals surface area contributed by atoms with E-state index < -0.39 is 0 Å². The fraction of sp³-hybridized carbons (Fsp3) is 0.467. The molecule has 1 fully saturated rings. The zero-order valence-electron chi connectivity index (χ0n) is 11.5. The SMILES string of the molecule is NC(=S)CCN(Cc1ccccc1)C(=O)C1CCCO1. The fourth-order valence-corrected chi connectivity index (χ4v) is 2.38. The molecule has 0 saturated carbocycles. The Morgan fingerprint density at radius 1 is 1.40 bits per heavy atom. The van der Waals surface area contributed by atoms with Crippen molar-refractivity contribution in [3.05, 3.63) is 35.9 Å². The molecule has 1 aliphatic rings. The standard InChI is InChI=1S/C15H20N2O2S/c16-14(20)8-9-17(11-12-5-2-1-3-6-12)15(18)13-7-4-10-19-13/h1-3,5-6,13H,4,7-11H2,(H2,16,20). The van der Waals surface area contributed by atoms with E-state index in [1.807, 2.05) is 30.3 Å². The molecule has 0 radical (unpaired) electrons. The number of carbonyl (C=O) groups excluding carboxylic acids is 1. The Bertz CT molecular complexity index is 458. The van der Waals surface area contributed by atoms with Gasteiger partial charge in [-0.3, -0.25) is 4.79 Å². The Morgan fingerprint density at radius 2 is 2.15 bits per heavy atom. The number of rotatable bonds is 6. The predicted molar refractivity (Wildman–Crippen MR) is 82.2 cm³/mol. The normalized spacial score (nSPS) is 17.9. The minimum Gasteiger partial charge on any atom is -0.393 e. The average Bonchev–Trinajstić information content (AvgIpc) is 2.97. The van der Waals surface area contributed by atoms with E-state index in [2.05, 4.69) is 0 Å². The number of benzene rings is 1. The lowest BCUT2D eigenvalue weighted by Gasteiger charge is -2.25. The predicted octanol–water partition coefficient (Wildman–Crippen LogP) is 1.87. The molecule has 1 aromatic rings. The quantitative estimate of drug-likeness (QED) is 0.813. The average molecular weight is 292 g/mol. The summed E-state index contributed by atoms with van der Waals surface area (Å²) in [6, 6.07) is 9.92. The van der Waals surface area contributed by atoms with Gasteiger partial charge in [-0.2, -0.15) is 0 Å². The largest absolute Gasteiger partial charge is 0.393 e. The van der Waals surface area contributed by atoms with Crippen LogP contribution in [-0.4, -0.2) is 35.1 Å². The summed E-state index contributed by atoms with van der Waals surface area (Å²) in [4.78, 5) is 14.7. The number of hydrogen-bond acceptors (Lipinski definition) is 3. The van der Waals surface area contributed by atoms with Crippen molar-refractivity contribution in [1.82, 2.24) is 4.90 Å². The summed E-state index contributed by atoms with van der Waals surface area (Å²) in [5.41, 5.74) is 6.65. The van der Waals surface area contributed by atoms with Crippen LogP contribution in [0.1, 0.15) is 24.8 Å². The van der Waals surface area contributed by atoms with E-state index in [-0.39, 0.29) is 12.0 Å². The van der Waals surface area contributed by atoms with Gasteiger partial charge < -0.3 is 15.4 Å². The minimum absolute atomic E-state index is 0.0441. The van der Waals surface area contributed by atoms with Gasteiger partial charge in [-0.15, -0.1) is 0 Å². The van der Waals surface area contributed by atoms with Gasteiger partial charge in [0.05, 0.1) is 4.99 Å². The Kier molecular flexibility index (Phi) is 5.49. The van der Waals surface area contributed by atoms with Crippen molar-refractivity contribution in [2.24, 2.45) is 5.73 Å². The summed E-state index contributed by atoms with van der Waals surface area (Å²) in [6.07, 6.45) is 1.99. The zero-order chi connectivity index (χ0) is 14.4. The van der Waals surface area contributed by atoms with Gasteiger partial charge in [0.2, 0.25) is 0 Å². The van der Waals surface area contributed by atoms with Crippen LogP contribution in [0.2, 0.25) is 0 Å². The Labute approximate surface area is 124 Å². The summed E-state index contributed by atoms with van der Waals surface area (Å²) < 4.78 is 5.48. The number of carbonyl (C=O) groups is 1. The molecule has 1 aliphatic heterocycles. The third-order valence-electron chi connectivity index (χ3n) is 3.36. The van der Waals surface area contributed by atoms with Crippen LogP contribution in [0.5, 0.6) is 0 Å². The van der Waals surface area contributed by atoms with E-state index in [9.17, 15) is 4.79 Å². The summed E-state index contributed by atoms with van der Waals surface area (Å²) in [5, 5.41) is 0. The first kappa shape index (κ1) is 14.9. The molecule has 1 heterocycles. The Balaban J connectivity index is 2.03. The molecule has 5 heteroatoms. The molecule has 1 amide bonds. The Hall–Kier alpha value is -1.46. The van der Waals surface area contributed by atoms with Crippen molar-refractivity contribution in [2.45, 2.75) is 31.9 Å². The molecule has 108 valence electrons. The van der Waals surface area contributed by atoms with Crippen molar-refractivity contribution in [2.75, 3.05) is 13.2 Å². The second kappa shape index (κ2) is 7.36. The van der Waals surface area contributed by atoms with Crippen LogP contribution in [0.15, 0.2) is 30.3 Å². The lowest BCUT2D eigenvalue weighted by Crippen LogP contribution is -2.40. The maximum Gasteiger partial charge on any atom is 0.252 e. The van der Waals surface area contributed by atoms with Crippen molar-refractivity contribution >= 4 is 23.1 Å². The van der Waals surface area contributed by atoms with Crippen LogP contribution in [0.4, 0.5) is 0 Å². The van der Waals surface area contributed by atoms with E-state index in [4.69, 9.17) is 22.7 Å². The summed E-state index contributed by atoms with van der Waals surface area (Å²) in [6.45, 7) is 1.79. The third kappa shape index (κ3) is 4.28. The molecule has 2 N–H and O–H groups in total. The number of hydrogen-bond donors (Lipinski definition) is 1. The molecular formula is C15H20N2O2S. The highest BCUT2D eigenvalue weighted by atomic mass is 32.1. The highest BCUT2D eigenvalue weighted by Gasteiger charge is 2.28. The highest BCUT2D eigenvalue weighted by Crippen LogP contribution is 2.16. The number of thiocarbonyl (C=S) groups is 1. The van der Waals surface area contributed by atoms with E-state index in [1.54, 1.807) is 4.90 Å². The van der Waals surface area contributed by atoms with Crippen LogP contribution in [0, 0.1) is 0 Å². The molecule has 0 aromatic heterocycles. The molecular weight excluding hydrogens is 272 g/mol. The lowest BCUT2D eigenvalue weighted by atomic mass is 10.1. The van der Waals surface area contributed by atoms with Gasteiger partial charge in [-0.1, -0.05) is 42.5 Å². The van der Waals surface area contributed by atoms with Gasteiger partial charge in [-0.25, -0.2) is 0 Å². The van der Waals surface area contributed by atoms with Crippen LogP contribution in [-0.2, 0) is 16.1 Å². The second-order valence-corrected chi connectivity index (χ2v) is 5.49. The topological polar surface area (TPSA) is 55.6 Å². The third-order valence-corrected chi connectivity index (χ3v) is 3.57. The summed E-state index contributed by atoms with van der Waals surface area (Å²) in [5.74, 6) is 0.0441. The molecule has 0 aliphatic carbocycles. The number of amides is 1. The number of ether oxygens (including phenoxy) is 1. The number of nitrogens with two attached hydrogens (primary N) is 1. The van der Waals surface area contributed by atoms with E-state index in [0.717, 1.165) is 18.4 Å². The van der Waals surface area contributed by atoms with Crippen LogP contribution >= 0.6 is 12.2 Å². The Morgan fingerprint density at radius 3 is 2.75 bits per heavy atom. The van der Waals surface area contributed by atoms with Crippen LogP contribution < -0.4 is 5.73 Å². The van der Waals surface area contributed by atoms with Crippen molar-refractivity contribution in [3.63, 3.8) is 0 Å². The molecule has 20 heavy (non-hydrogen) atoms. The number of nitrogens with zero attached hydrogens (tertiary/aromatic N) is 1. The van der Waals surface area contributed by atoms with Crippen LogP contribution in [0.25, 0.3) is 0 Å². The molecule has 0 bridgehead atoms. The maximum atomic E-state index is 12.5. The highest BCUT2D eigenvalue weighted by molar-refractivity contribution is 7.80. The van der Waals surface area contributed by atoms with Crippen molar-refractivity contribution in [3.8, 4) is 0 Å². The first-order valence-corrected chi connectivity index (χ1v) is 7.30. The molecule has 2 rings (SSSR count). The summed E-state index contributed by atoms with van der Waals surface area (Å²) in [7, 11) is 0. The molecule has 1 atom stereocenters. The maximum absolute atomic E-state index is 12.5. The zero-order valence-corrected chi connectivity index (χ0v) is 12.3. The van der Waals surface area contributed by atoms with Crippen molar-refractivity contribution in [1.29, 1.82) is 0 Å². The first-order chi connectivity index (χ1) is 9.66. The van der Waals surface area contributed by atoms with Gasteiger partial charge in [-0.05, 0) is 18.4 Å². The molecule has 1 aromatic carbocycles. The molecule has 0 spiro atoms. The minimum atomic E-state index is -0.301. The van der Waals surface area contributed by atoms with E-state index in [1.165, 1.54) is 0 Å². The lowest BCUT2D eigenvalue weighted by molar-refractivity contribution is -0.141. The second-order valence-electron chi connectivity index (χ2n) is 4.96. The van der Waals surface area contributed by atoms with Crippen molar-refractivity contribution < 1.29 is 9.53 Å². The van der Waals surface area contributed by atoms with E-state index >= 15 is 0 Å². The van der Waals surface area contributed by atoms with Crippen LogP contribution in [0.3, 0.4) is 0 Å².